The van der Waals surface area contributed by atoms with Gasteiger partial charge >= 0.3 is 0 Å². The number of nitrogens with zero attached hydrogens (tertiary/aromatic N) is 1. The zero-order valence-electron chi connectivity index (χ0n) is 12.3. The van der Waals surface area contributed by atoms with Crippen LogP contribution in [0.3, 0.4) is 0 Å². The van der Waals surface area contributed by atoms with Gasteiger partial charge in [0.1, 0.15) is 12.4 Å². The number of pyridine rings is 1. The topological polar surface area (TPSA) is 60.5 Å². The molecule has 1 aromatic heterocycles. The molecule has 0 radical (unpaired) electrons. The lowest BCUT2D eigenvalue weighted by atomic mass is 10.3. The Bertz CT molecular complexity index is 696. The molecule has 1 N–H and O–H groups in total. The molecule has 5 nitrogen and oxygen atoms in total. The highest BCUT2D eigenvalue weighted by molar-refractivity contribution is 5.77. The van der Waals surface area contributed by atoms with E-state index < -0.39 is 5.82 Å². The second-order valence-corrected chi connectivity index (χ2v) is 4.33. The van der Waals surface area contributed by atoms with Gasteiger partial charge in [0.15, 0.2) is 18.2 Å². The van der Waals surface area contributed by atoms with Crippen LogP contribution < -0.4 is 14.8 Å². The Morgan fingerprint density at radius 3 is 2.83 bits per heavy atom. The molecule has 0 unspecified atom stereocenters. The summed E-state index contributed by atoms with van der Waals surface area (Å²) in [5.41, 5.74) is 0. The third kappa shape index (κ3) is 6.06. The monoisotopic (exact) mass is 314 g/mol. The van der Waals surface area contributed by atoms with Crippen LogP contribution >= 0.6 is 0 Å². The molecule has 0 fully saturated rings. The second kappa shape index (κ2) is 9.05. The van der Waals surface area contributed by atoms with Crippen LogP contribution in [0.4, 0.5) is 4.39 Å². The summed E-state index contributed by atoms with van der Waals surface area (Å²) in [6.45, 7) is 0.0952. The summed E-state index contributed by atoms with van der Waals surface area (Å²) in [6.07, 6.45) is 3.24. The summed E-state index contributed by atoms with van der Waals surface area (Å²) >= 11 is 0. The summed E-state index contributed by atoms with van der Waals surface area (Å²) in [4.78, 5) is 15.4. The molecule has 1 aromatic carbocycles. The number of nitrogens with one attached hydrogen (secondary N) is 1. The van der Waals surface area contributed by atoms with Crippen molar-refractivity contribution in [2.75, 3.05) is 19.8 Å². The Kier molecular flexibility index (Phi) is 6.42. The number of rotatable bonds is 6. The minimum absolute atomic E-state index is 0.0404. The van der Waals surface area contributed by atoms with E-state index in [1.165, 1.54) is 12.1 Å². The molecule has 6 heteroatoms. The minimum atomic E-state index is -0.507. The fourth-order valence-electron chi connectivity index (χ4n) is 1.56. The van der Waals surface area contributed by atoms with Crippen molar-refractivity contribution in [3.63, 3.8) is 0 Å². The number of amides is 1. The first-order chi connectivity index (χ1) is 11.3. The Morgan fingerprint density at radius 2 is 2.04 bits per heavy atom. The summed E-state index contributed by atoms with van der Waals surface area (Å²) in [6, 6.07) is 9.43. The first-order valence-corrected chi connectivity index (χ1v) is 6.88. The van der Waals surface area contributed by atoms with E-state index in [4.69, 9.17) is 9.47 Å². The number of carbonyl (C=O) groups excluding carboxylic acids is 1. The van der Waals surface area contributed by atoms with Crippen molar-refractivity contribution in [1.82, 2.24) is 10.3 Å². The van der Waals surface area contributed by atoms with Crippen LogP contribution in [0.1, 0.15) is 0 Å². The molecule has 2 aromatic rings. The van der Waals surface area contributed by atoms with Crippen LogP contribution in [0.25, 0.3) is 0 Å². The predicted octanol–water partition coefficient (Wildman–Crippen LogP) is 1.80. The van der Waals surface area contributed by atoms with Crippen molar-refractivity contribution in [3.05, 3.63) is 54.6 Å². The Balaban J connectivity index is 1.62. The summed E-state index contributed by atoms with van der Waals surface area (Å²) in [5, 5.41) is 2.54. The molecule has 0 aliphatic rings. The van der Waals surface area contributed by atoms with Gasteiger partial charge < -0.3 is 14.8 Å². The number of halogens is 1. The molecule has 1 heterocycles. The van der Waals surface area contributed by atoms with Crippen molar-refractivity contribution >= 4 is 5.91 Å². The molecular weight excluding hydrogens is 299 g/mol. The quantitative estimate of drug-likeness (QED) is 0.826. The zero-order valence-corrected chi connectivity index (χ0v) is 12.3. The van der Waals surface area contributed by atoms with Gasteiger partial charge in [-0.15, -0.1) is 0 Å². The first-order valence-electron chi connectivity index (χ1n) is 6.88. The highest BCUT2D eigenvalue weighted by Gasteiger charge is 2.04. The molecule has 0 spiro atoms. The molecule has 0 saturated heterocycles. The number of ether oxygens (including phenoxy) is 2. The van der Waals surface area contributed by atoms with Gasteiger partial charge in [0.25, 0.3) is 5.91 Å². The largest absolute Gasteiger partial charge is 0.481 e. The molecule has 0 aliphatic carbocycles. The summed E-state index contributed by atoms with van der Waals surface area (Å²) in [5.74, 6) is 5.28. The Morgan fingerprint density at radius 1 is 1.17 bits per heavy atom. The Labute approximate surface area is 133 Å². The van der Waals surface area contributed by atoms with Gasteiger partial charge in [-0.05, 0) is 24.3 Å². The standard InChI is InChI=1S/C17H15FN2O3/c18-15-7-1-2-8-16(15)23-13-17(21)20-10-3-4-11-22-14-6-5-9-19-12-14/h1-2,5-9,12H,10-11,13H2,(H,20,21). The van der Waals surface area contributed by atoms with Crippen molar-refractivity contribution in [1.29, 1.82) is 0 Å². The minimum Gasteiger partial charge on any atom is -0.481 e. The molecule has 1 amide bonds. The lowest BCUT2D eigenvalue weighted by Crippen LogP contribution is -2.29. The average molecular weight is 314 g/mol. The molecule has 0 saturated carbocycles. The Hall–Kier alpha value is -3.07. The van der Waals surface area contributed by atoms with Crippen molar-refractivity contribution in [2.45, 2.75) is 0 Å². The van der Waals surface area contributed by atoms with E-state index in [-0.39, 0.29) is 31.4 Å². The number of hydrogen-bond acceptors (Lipinski definition) is 4. The fraction of sp³-hybridized carbons (Fsp3) is 0.176. The van der Waals surface area contributed by atoms with E-state index in [0.29, 0.717) is 5.75 Å². The molecule has 23 heavy (non-hydrogen) atoms. The van der Waals surface area contributed by atoms with Crippen molar-refractivity contribution in [3.8, 4) is 23.3 Å². The third-order valence-electron chi connectivity index (χ3n) is 2.64. The van der Waals surface area contributed by atoms with Crippen molar-refractivity contribution < 1.29 is 18.7 Å². The second-order valence-electron chi connectivity index (χ2n) is 4.33. The maximum absolute atomic E-state index is 13.3. The van der Waals surface area contributed by atoms with E-state index in [2.05, 4.69) is 22.1 Å². The normalized spacial score (nSPS) is 9.43. The van der Waals surface area contributed by atoms with E-state index in [9.17, 15) is 9.18 Å². The van der Waals surface area contributed by atoms with Gasteiger partial charge in [-0.3, -0.25) is 9.78 Å². The van der Waals surface area contributed by atoms with Crippen LogP contribution in [-0.4, -0.2) is 30.6 Å². The molecule has 0 aliphatic heterocycles. The number of aromatic nitrogens is 1. The third-order valence-corrected chi connectivity index (χ3v) is 2.64. The van der Waals surface area contributed by atoms with E-state index in [0.717, 1.165) is 0 Å². The van der Waals surface area contributed by atoms with Crippen molar-refractivity contribution in [2.24, 2.45) is 0 Å². The number of benzene rings is 1. The number of carbonyl (C=O) groups is 1. The highest BCUT2D eigenvalue weighted by Crippen LogP contribution is 2.14. The smallest absolute Gasteiger partial charge is 0.258 e. The zero-order chi connectivity index (χ0) is 16.3. The lowest BCUT2D eigenvalue weighted by Gasteiger charge is -2.06. The van der Waals surface area contributed by atoms with Gasteiger partial charge in [-0.2, -0.15) is 0 Å². The van der Waals surface area contributed by atoms with E-state index in [1.54, 1.807) is 36.7 Å². The fourth-order valence-corrected chi connectivity index (χ4v) is 1.56. The van der Waals surface area contributed by atoms with Gasteiger partial charge in [0.2, 0.25) is 0 Å². The lowest BCUT2D eigenvalue weighted by molar-refractivity contribution is -0.122. The van der Waals surface area contributed by atoms with Gasteiger partial charge in [-0.1, -0.05) is 24.0 Å². The van der Waals surface area contributed by atoms with Crippen LogP contribution in [-0.2, 0) is 4.79 Å². The maximum atomic E-state index is 13.3. The van der Waals surface area contributed by atoms with Crippen LogP contribution in [0.2, 0.25) is 0 Å². The molecule has 0 bridgehead atoms. The molecule has 0 atom stereocenters. The van der Waals surface area contributed by atoms with E-state index in [1.807, 2.05) is 0 Å². The van der Waals surface area contributed by atoms with Gasteiger partial charge in [-0.25, -0.2) is 4.39 Å². The maximum Gasteiger partial charge on any atom is 0.258 e. The first kappa shape index (κ1) is 16.3. The van der Waals surface area contributed by atoms with Crippen LogP contribution in [0.5, 0.6) is 11.5 Å². The average Bonchev–Trinajstić information content (AvgIpc) is 2.58. The molecule has 2 rings (SSSR count). The van der Waals surface area contributed by atoms with Gasteiger partial charge in [0.05, 0.1) is 12.7 Å². The van der Waals surface area contributed by atoms with Crippen LogP contribution in [0.15, 0.2) is 48.8 Å². The summed E-state index contributed by atoms with van der Waals surface area (Å²) in [7, 11) is 0. The highest BCUT2D eigenvalue weighted by atomic mass is 19.1. The van der Waals surface area contributed by atoms with Crippen LogP contribution in [0, 0.1) is 17.7 Å². The number of para-hydroxylation sites is 1. The van der Waals surface area contributed by atoms with Gasteiger partial charge in [0, 0.05) is 6.20 Å². The molecule has 118 valence electrons. The predicted molar refractivity (Wildman–Crippen MR) is 82.4 cm³/mol. The SMILES string of the molecule is O=C(COc1ccccc1F)NCC#CCOc1cccnc1. The summed E-state index contributed by atoms with van der Waals surface area (Å²) < 4.78 is 23.7. The number of hydrogen-bond donors (Lipinski definition) is 1. The molecular formula is C17H15FN2O3. The van der Waals surface area contributed by atoms with E-state index >= 15 is 0 Å².